The van der Waals surface area contributed by atoms with Gasteiger partial charge in [0.25, 0.3) is 0 Å². The molecule has 1 aliphatic carbocycles. The van der Waals surface area contributed by atoms with Crippen molar-refractivity contribution in [2.45, 2.75) is 31.3 Å². The molecular weight excluding hydrogens is 319 g/mol. The van der Waals surface area contributed by atoms with Crippen molar-refractivity contribution in [2.75, 3.05) is 0 Å². The molecule has 0 aliphatic heterocycles. The maximum Gasteiger partial charge on any atom is 0.123 e. The first-order valence-electron chi connectivity index (χ1n) is 6.83. The molecule has 0 amide bonds. The summed E-state index contributed by atoms with van der Waals surface area (Å²) in [5.41, 5.74) is 2.10. The Balaban J connectivity index is 2.00. The van der Waals surface area contributed by atoms with E-state index < -0.39 is 5.60 Å². The Morgan fingerprint density at radius 1 is 1.20 bits per heavy atom. The van der Waals surface area contributed by atoms with Crippen LogP contribution in [0.15, 0.2) is 46.9 Å². The zero-order chi connectivity index (χ0) is 14.2. The fraction of sp³-hybridized carbons (Fsp3) is 0.294. The van der Waals surface area contributed by atoms with E-state index in [1.54, 1.807) is 6.07 Å². The second-order valence-electron chi connectivity index (χ2n) is 5.45. The lowest BCUT2D eigenvalue weighted by atomic mass is 9.76. The second kappa shape index (κ2) is 5.30. The molecule has 104 valence electrons. The van der Waals surface area contributed by atoms with Crippen molar-refractivity contribution in [1.82, 2.24) is 0 Å². The predicted octanol–water partition coefficient (Wildman–Crippen LogP) is 4.35. The molecule has 0 aromatic heterocycles. The topological polar surface area (TPSA) is 20.2 Å². The summed E-state index contributed by atoms with van der Waals surface area (Å²) >= 11 is 3.44. The van der Waals surface area contributed by atoms with Crippen LogP contribution in [0.4, 0.5) is 4.39 Å². The van der Waals surface area contributed by atoms with Crippen LogP contribution in [-0.2, 0) is 18.4 Å². The van der Waals surface area contributed by atoms with Crippen LogP contribution in [0.5, 0.6) is 0 Å². The fourth-order valence-electron chi connectivity index (χ4n) is 3.08. The number of rotatable bonds is 2. The Morgan fingerprint density at radius 3 is 2.85 bits per heavy atom. The minimum atomic E-state index is -0.898. The van der Waals surface area contributed by atoms with Gasteiger partial charge >= 0.3 is 0 Å². The number of aryl methyl sites for hydroxylation is 1. The van der Waals surface area contributed by atoms with E-state index >= 15 is 0 Å². The molecule has 1 aliphatic rings. The van der Waals surface area contributed by atoms with Gasteiger partial charge in [-0.25, -0.2) is 4.39 Å². The standard InChI is InChI=1S/C17H16BrFO/c18-16-8-7-14(19)10-13(16)11-17(20)9-3-5-12-4-1-2-6-15(12)17/h1-2,4,6-8,10,20H,3,5,9,11H2. The molecule has 0 bridgehead atoms. The van der Waals surface area contributed by atoms with Crippen molar-refractivity contribution < 1.29 is 9.50 Å². The molecule has 1 unspecified atom stereocenters. The van der Waals surface area contributed by atoms with Crippen LogP contribution in [0.25, 0.3) is 0 Å². The van der Waals surface area contributed by atoms with E-state index in [1.807, 2.05) is 18.2 Å². The van der Waals surface area contributed by atoms with Gasteiger partial charge in [0.15, 0.2) is 0 Å². The van der Waals surface area contributed by atoms with Crippen molar-refractivity contribution >= 4 is 15.9 Å². The van der Waals surface area contributed by atoms with Gasteiger partial charge in [0.2, 0.25) is 0 Å². The van der Waals surface area contributed by atoms with Gasteiger partial charge in [0.1, 0.15) is 5.82 Å². The summed E-state index contributed by atoms with van der Waals surface area (Å²) in [5.74, 6) is -0.268. The summed E-state index contributed by atoms with van der Waals surface area (Å²) < 4.78 is 14.3. The lowest BCUT2D eigenvalue weighted by Crippen LogP contribution is -2.33. The number of halogens is 2. The van der Waals surface area contributed by atoms with E-state index in [0.29, 0.717) is 12.8 Å². The van der Waals surface area contributed by atoms with E-state index in [1.165, 1.54) is 17.7 Å². The van der Waals surface area contributed by atoms with Crippen molar-refractivity contribution in [1.29, 1.82) is 0 Å². The molecule has 1 atom stereocenters. The van der Waals surface area contributed by atoms with E-state index in [-0.39, 0.29) is 5.82 Å². The maximum atomic E-state index is 13.4. The summed E-state index contributed by atoms with van der Waals surface area (Å²) in [6.45, 7) is 0. The van der Waals surface area contributed by atoms with Gasteiger partial charge in [-0.3, -0.25) is 0 Å². The summed E-state index contributed by atoms with van der Waals surface area (Å²) in [4.78, 5) is 0. The zero-order valence-electron chi connectivity index (χ0n) is 11.1. The number of aliphatic hydroxyl groups is 1. The Morgan fingerprint density at radius 2 is 2.00 bits per heavy atom. The van der Waals surface area contributed by atoms with Crippen molar-refractivity contribution in [3.8, 4) is 0 Å². The van der Waals surface area contributed by atoms with Crippen molar-refractivity contribution in [2.24, 2.45) is 0 Å². The Bertz CT molecular complexity index is 641. The summed E-state index contributed by atoms with van der Waals surface area (Å²) in [7, 11) is 0. The Hall–Kier alpha value is -1.19. The van der Waals surface area contributed by atoms with Gasteiger partial charge < -0.3 is 5.11 Å². The van der Waals surface area contributed by atoms with E-state index in [2.05, 4.69) is 22.0 Å². The van der Waals surface area contributed by atoms with Crippen molar-refractivity contribution in [3.05, 3.63) is 69.4 Å². The van der Waals surface area contributed by atoms with E-state index in [4.69, 9.17) is 0 Å². The molecule has 1 N–H and O–H groups in total. The van der Waals surface area contributed by atoms with Crippen LogP contribution in [0.2, 0.25) is 0 Å². The molecule has 0 spiro atoms. The van der Waals surface area contributed by atoms with Crippen molar-refractivity contribution in [3.63, 3.8) is 0 Å². The van der Waals surface area contributed by atoms with Crippen LogP contribution in [-0.4, -0.2) is 5.11 Å². The average molecular weight is 335 g/mol. The number of hydrogen-bond acceptors (Lipinski definition) is 1. The quantitative estimate of drug-likeness (QED) is 0.865. The van der Waals surface area contributed by atoms with E-state index in [9.17, 15) is 9.50 Å². The van der Waals surface area contributed by atoms with Crippen LogP contribution >= 0.6 is 15.9 Å². The molecule has 0 fully saturated rings. The van der Waals surface area contributed by atoms with Crippen LogP contribution in [0.3, 0.4) is 0 Å². The normalized spacial score (nSPS) is 21.6. The molecule has 0 saturated heterocycles. The third kappa shape index (κ3) is 2.52. The number of benzene rings is 2. The van der Waals surface area contributed by atoms with Gasteiger partial charge in [0, 0.05) is 10.9 Å². The second-order valence-corrected chi connectivity index (χ2v) is 6.31. The third-order valence-corrected chi connectivity index (χ3v) is 4.82. The molecule has 0 radical (unpaired) electrons. The molecule has 2 aromatic carbocycles. The lowest BCUT2D eigenvalue weighted by Gasteiger charge is -2.35. The lowest BCUT2D eigenvalue weighted by molar-refractivity contribution is 0.0188. The highest BCUT2D eigenvalue weighted by atomic mass is 79.9. The van der Waals surface area contributed by atoms with Gasteiger partial charge in [-0.05, 0) is 54.2 Å². The predicted molar refractivity (Wildman–Crippen MR) is 81.1 cm³/mol. The molecule has 20 heavy (non-hydrogen) atoms. The minimum Gasteiger partial charge on any atom is -0.385 e. The largest absolute Gasteiger partial charge is 0.385 e. The highest BCUT2D eigenvalue weighted by Gasteiger charge is 2.34. The summed E-state index contributed by atoms with van der Waals surface area (Å²) in [5, 5.41) is 11.0. The first-order chi connectivity index (χ1) is 9.58. The van der Waals surface area contributed by atoms with Gasteiger partial charge in [-0.2, -0.15) is 0 Å². The molecular formula is C17H16BrFO. The molecule has 0 heterocycles. The van der Waals surface area contributed by atoms with Crippen LogP contribution in [0.1, 0.15) is 29.5 Å². The smallest absolute Gasteiger partial charge is 0.123 e. The Kier molecular flexibility index (Phi) is 3.65. The maximum absolute atomic E-state index is 13.4. The molecule has 3 rings (SSSR count). The molecule has 2 aromatic rings. The molecule has 1 nitrogen and oxygen atoms in total. The third-order valence-electron chi connectivity index (χ3n) is 4.05. The zero-order valence-corrected chi connectivity index (χ0v) is 12.7. The fourth-order valence-corrected chi connectivity index (χ4v) is 3.46. The molecule has 0 saturated carbocycles. The number of fused-ring (bicyclic) bond motifs is 1. The van der Waals surface area contributed by atoms with Gasteiger partial charge in [-0.15, -0.1) is 0 Å². The minimum absolute atomic E-state index is 0.268. The van der Waals surface area contributed by atoms with E-state index in [0.717, 1.165) is 28.4 Å². The van der Waals surface area contributed by atoms with Crippen LogP contribution in [0, 0.1) is 5.82 Å². The van der Waals surface area contributed by atoms with Gasteiger partial charge in [0.05, 0.1) is 5.60 Å². The average Bonchev–Trinajstić information content (AvgIpc) is 2.43. The van der Waals surface area contributed by atoms with Gasteiger partial charge in [-0.1, -0.05) is 40.2 Å². The molecule has 3 heteroatoms. The Labute approximate surface area is 126 Å². The van der Waals surface area contributed by atoms with Crippen LogP contribution < -0.4 is 0 Å². The first-order valence-corrected chi connectivity index (χ1v) is 7.62. The highest BCUT2D eigenvalue weighted by Crippen LogP contribution is 2.39. The summed E-state index contributed by atoms with van der Waals surface area (Å²) in [6.07, 6.45) is 3.11. The number of hydrogen-bond donors (Lipinski definition) is 1. The summed E-state index contributed by atoms with van der Waals surface area (Å²) in [6, 6.07) is 12.6. The monoisotopic (exact) mass is 334 g/mol. The first kappa shape index (κ1) is 13.8. The SMILES string of the molecule is OC1(Cc2cc(F)ccc2Br)CCCc2ccccc21. The highest BCUT2D eigenvalue weighted by molar-refractivity contribution is 9.10.